The zero-order valence-electron chi connectivity index (χ0n) is 24.4. The zero-order valence-corrected chi connectivity index (χ0v) is 24.4. The van der Waals surface area contributed by atoms with Crippen molar-refractivity contribution in [1.29, 1.82) is 5.26 Å². The third kappa shape index (κ3) is 6.00. The van der Waals surface area contributed by atoms with Crippen LogP contribution in [0.15, 0.2) is 66.7 Å². The number of rotatable bonds is 10. The molecule has 1 fully saturated rings. The highest BCUT2D eigenvalue weighted by atomic mass is 19.3. The topological polar surface area (TPSA) is 90.0 Å². The lowest BCUT2D eigenvalue weighted by molar-refractivity contribution is 0.0514. The predicted octanol–water partition coefficient (Wildman–Crippen LogP) is 7.39. The lowest BCUT2D eigenvalue weighted by Crippen LogP contribution is -2.21. The highest BCUT2D eigenvalue weighted by Gasteiger charge is 2.51. The number of aromatic nitrogens is 3. The van der Waals surface area contributed by atoms with Gasteiger partial charge in [0.15, 0.2) is 5.82 Å². The second kappa shape index (κ2) is 12.2. The van der Waals surface area contributed by atoms with Gasteiger partial charge < -0.3 is 14.0 Å². The first-order valence-corrected chi connectivity index (χ1v) is 14.2. The minimum atomic E-state index is -2.63. The van der Waals surface area contributed by atoms with E-state index in [1.165, 1.54) is 34.9 Å². The second-order valence-corrected chi connectivity index (χ2v) is 11.1. The average Bonchev–Trinajstić information content (AvgIpc) is 3.77. The number of alkyl halides is 2. The first-order chi connectivity index (χ1) is 22.1. The standard InChI is InChI=1S/C34H25F5N4O3/c1-45-32(44)23-13-26(37)31-28(14-23)43(18-34(9-10-34)33(38)39)29(42-31)15-20-7-8-21(12-25(20)36)27-3-2-4-30(41-27)46-17-22-6-5-19(16-40)11-24(22)35/h2-8,11-14,33H,9-10,15,17-18H2,1H3. The average molecular weight is 633 g/mol. The van der Waals surface area contributed by atoms with Crippen LogP contribution in [0.5, 0.6) is 5.88 Å². The Morgan fingerprint density at radius 2 is 1.74 bits per heavy atom. The summed E-state index contributed by atoms with van der Waals surface area (Å²) in [5, 5.41) is 8.92. The van der Waals surface area contributed by atoms with Gasteiger partial charge in [0.2, 0.25) is 12.3 Å². The summed E-state index contributed by atoms with van der Waals surface area (Å²) in [6.45, 7) is -0.319. The highest BCUT2D eigenvalue weighted by Crippen LogP contribution is 2.52. The Labute approximate surface area is 259 Å². The fraction of sp³-hybridized carbons (Fsp3) is 0.235. The van der Waals surface area contributed by atoms with E-state index in [2.05, 4.69) is 9.97 Å². The molecule has 7 nitrogen and oxygen atoms in total. The number of esters is 1. The minimum Gasteiger partial charge on any atom is -0.473 e. The van der Waals surface area contributed by atoms with Crippen molar-refractivity contribution >= 4 is 17.0 Å². The van der Waals surface area contributed by atoms with E-state index in [4.69, 9.17) is 14.7 Å². The van der Waals surface area contributed by atoms with Crippen LogP contribution in [0.25, 0.3) is 22.3 Å². The summed E-state index contributed by atoms with van der Waals surface area (Å²) in [7, 11) is 1.15. The zero-order chi connectivity index (χ0) is 32.6. The molecular weight excluding hydrogens is 607 g/mol. The molecule has 0 radical (unpaired) electrons. The van der Waals surface area contributed by atoms with Gasteiger partial charge in [0.1, 0.15) is 29.6 Å². The van der Waals surface area contributed by atoms with Gasteiger partial charge in [0.25, 0.3) is 0 Å². The molecule has 12 heteroatoms. The van der Waals surface area contributed by atoms with Crippen molar-refractivity contribution in [3.05, 3.63) is 112 Å². The van der Waals surface area contributed by atoms with E-state index in [0.717, 1.165) is 19.2 Å². The van der Waals surface area contributed by atoms with E-state index in [1.807, 2.05) is 6.07 Å². The summed E-state index contributed by atoms with van der Waals surface area (Å²) in [6.07, 6.45) is -2.23. The number of hydrogen-bond donors (Lipinski definition) is 0. The number of nitrogens with zero attached hydrogens (tertiary/aromatic N) is 4. The Morgan fingerprint density at radius 3 is 2.41 bits per heavy atom. The van der Waals surface area contributed by atoms with Gasteiger partial charge in [-0.25, -0.2) is 36.7 Å². The molecule has 46 heavy (non-hydrogen) atoms. The number of nitriles is 1. The van der Waals surface area contributed by atoms with E-state index in [1.54, 1.807) is 24.3 Å². The SMILES string of the molecule is COC(=O)c1cc(F)c2nc(Cc3ccc(-c4cccc(OCc5ccc(C#N)cc5F)n4)cc3F)n(CC3(C(F)F)CC3)c2c1. The summed E-state index contributed by atoms with van der Waals surface area (Å²) in [4.78, 5) is 20.9. The first kappa shape index (κ1) is 30.7. The lowest BCUT2D eigenvalue weighted by Gasteiger charge is -2.18. The fourth-order valence-electron chi connectivity index (χ4n) is 5.26. The van der Waals surface area contributed by atoms with Gasteiger partial charge in [-0.1, -0.05) is 24.3 Å². The Morgan fingerprint density at radius 1 is 0.978 bits per heavy atom. The van der Waals surface area contributed by atoms with E-state index in [0.29, 0.717) is 11.3 Å². The van der Waals surface area contributed by atoms with Crippen molar-refractivity contribution in [3.8, 4) is 23.2 Å². The lowest BCUT2D eigenvalue weighted by atomic mass is 10.0. The molecule has 0 saturated heterocycles. The molecule has 1 aliphatic rings. The van der Waals surface area contributed by atoms with Gasteiger partial charge in [-0.2, -0.15) is 5.26 Å². The number of halogens is 5. The number of carbonyl (C=O) groups is 1. The Hall–Kier alpha value is -5.31. The molecule has 0 unspecified atom stereocenters. The molecule has 1 saturated carbocycles. The van der Waals surface area contributed by atoms with Crippen LogP contribution in [0.4, 0.5) is 22.0 Å². The van der Waals surface area contributed by atoms with E-state index >= 15 is 8.78 Å². The Kier molecular flexibility index (Phi) is 8.17. The maximum atomic E-state index is 15.5. The molecule has 6 rings (SSSR count). The molecular formula is C34H25F5N4O3. The summed E-state index contributed by atoms with van der Waals surface area (Å²) in [5.74, 6) is -2.51. The summed E-state index contributed by atoms with van der Waals surface area (Å²) in [5.41, 5.74) is -0.00813. The molecule has 0 amide bonds. The van der Waals surface area contributed by atoms with Crippen LogP contribution >= 0.6 is 0 Å². The Balaban J connectivity index is 1.27. The quantitative estimate of drug-likeness (QED) is 0.118. The molecule has 0 N–H and O–H groups in total. The normalized spacial score (nSPS) is 13.5. The van der Waals surface area contributed by atoms with Crippen molar-refractivity contribution in [2.24, 2.45) is 5.41 Å². The van der Waals surface area contributed by atoms with Crippen LogP contribution in [-0.4, -0.2) is 34.0 Å². The maximum absolute atomic E-state index is 15.5. The molecule has 1 aliphatic carbocycles. The van der Waals surface area contributed by atoms with Gasteiger partial charge in [0, 0.05) is 35.6 Å². The third-order valence-corrected chi connectivity index (χ3v) is 8.11. The van der Waals surface area contributed by atoms with Crippen LogP contribution in [-0.2, 0) is 24.3 Å². The van der Waals surface area contributed by atoms with Crippen LogP contribution in [0.3, 0.4) is 0 Å². The van der Waals surface area contributed by atoms with Crippen molar-refractivity contribution in [2.45, 2.75) is 38.8 Å². The highest BCUT2D eigenvalue weighted by molar-refractivity contribution is 5.94. The van der Waals surface area contributed by atoms with E-state index < -0.39 is 35.3 Å². The minimum absolute atomic E-state index is 0.0987. The predicted molar refractivity (Wildman–Crippen MR) is 157 cm³/mol. The maximum Gasteiger partial charge on any atom is 0.338 e. The molecule has 0 aliphatic heterocycles. The van der Waals surface area contributed by atoms with Crippen LogP contribution in [0.1, 0.15) is 45.7 Å². The second-order valence-electron chi connectivity index (χ2n) is 11.1. The number of methoxy groups -OCH3 is 1. The van der Waals surface area contributed by atoms with Gasteiger partial charge >= 0.3 is 5.97 Å². The first-order valence-electron chi connectivity index (χ1n) is 14.2. The van der Waals surface area contributed by atoms with Gasteiger partial charge in [-0.15, -0.1) is 0 Å². The van der Waals surface area contributed by atoms with Crippen LogP contribution < -0.4 is 4.74 Å². The monoisotopic (exact) mass is 632 g/mol. The van der Waals surface area contributed by atoms with Crippen LogP contribution in [0, 0.1) is 34.2 Å². The van der Waals surface area contributed by atoms with Gasteiger partial charge in [0.05, 0.1) is 35.5 Å². The molecule has 2 heterocycles. The largest absolute Gasteiger partial charge is 0.473 e. The number of hydrogen-bond acceptors (Lipinski definition) is 6. The van der Waals surface area contributed by atoms with Gasteiger partial charge in [-0.05, 0) is 54.8 Å². The molecule has 2 aromatic heterocycles. The summed E-state index contributed by atoms with van der Waals surface area (Å²) < 4.78 is 84.6. The molecule has 0 bridgehead atoms. The number of pyridine rings is 1. The van der Waals surface area contributed by atoms with Crippen molar-refractivity contribution < 1.29 is 36.2 Å². The summed E-state index contributed by atoms with van der Waals surface area (Å²) in [6, 6.07) is 17.5. The van der Waals surface area contributed by atoms with Crippen molar-refractivity contribution in [2.75, 3.05) is 7.11 Å². The number of ether oxygens (including phenoxy) is 2. The molecule has 0 spiro atoms. The van der Waals surface area contributed by atoms with E-state index in [9.17, 15) is 18.0 Å². The van der Waals surface area contributed by atoms with Crippen molar-refractivity contribution in [1.82, 2.24) is 14.5 Å². The molecule has 234 valence electrons. The molecule has 3 aromatic carbocycles. The smallest absolute Gasteiger partial charge is 0.338 e. The van der Waals surface area contributed by atoms with Gasteiger partial charge in [-0.3, -0.25) is 0 Å². The number of carbonyl (C=O) groups excluding carboxylic acids is 1. The third-order valence-electron chi connectivity index (χ3n) is 8.11. The summed E-state index contributed by atoms with van der Waals surface area (Å²) >= 11 is 0. The number of benzene rings is 3. The molecule has 0 atom stereocenters. The molecule has 5 aromatic rings. The van der Waals surface area contributed by atoms with Crippen molar-refractivity contribution in [3.63, 3.8) is 0 Å². The Bertz CT molecular complexity index is 2020. The fourth-order valence-corrected chi connectivity index (χ4v) is 5.26. The number of fused-ring (bicyclic) bond motifs is 1. The number of imidazole rings is 1. The van der Waals surface area contributed by atoms with Crippen LogP contribution in [0.2, 0.25) is 0 Å². The van der Waals surface area contributed by atoms with E-state index in [-0.39, 0.29) is 77.4 Å².